The third-order valence-electron chi connectivity index (χ3n) is 3.28. The van der Waals surface area contributed by atoms with Gasteiger partial charge in [-0.15, -0.1) is 11.8 Å². The van der Waals surface area contributed by atoms with Crippen LogP contribution in [0.25, 0.3) is 10.9 Å². The zero-order valence-electron chi connectivity index (χ0n) is 11.2. The van der Waals surface area contributed by atoms with Gasteiger partial charge in [0.2, 0.25) is 0 Å². The summed E-state index contributed by atoms with van der Waals surface area (Å²) in [5, 5.41) is 0.898. The van der Waals surface area contributed by atoms with Gasteiger partial charge < -0.3 is 4.98 Å². The zero-order chi connectivity index (χ0) is 13.9. The molecule has 0 aliphatic rings. The Labute approximate surface area is 122 Å². The zero-order valence-corrected chi connectivity index (χ0v) is 12.0. The molecule has 0 fully saturated rings. The molecular formula is C17H15NOS. The van der Waals surface area contributed by atoms with E-state index in [1.807, 2.05) is 67.7 Å². The third-order valence-corrected chi connectivity index (χ3v) is 4.39. The fraction of sp³-hybridized carbons (Fsp3) is 0.118. The molecule has 1 atom stereocenters. The number of fused-ring (bicyclic) bond motifs is 1. The molecule has 3 rings (SSSR count). The Bertz CT molecular complexity index is 733. The van der Waals surface area contributed by atoms with E-state index in [1.165, 1.54) is 0 Å². The average Bonchev–Trinajstić information content (AvgIpc) is 2.91. The van der Waals surface area contributed by atoms with Crippen LogP contribution in [0.3, 0.4) is 0 Å². The minimum atomic E-state index is -0.100. The molecule has 1 N–H and O–H groups in total. The Kier molecular flexibility index (Phi) is 3.61. The summed E-state index contributed by atoms with van der Waals surface area (Å²) in [7, 11) is 0. The minimum Gasteiger partial charge on any atom is -0.360 e. The van der Waals surface area contributed by atoms with Crippen molar-refractivity contribution in [1.82, 2.24) is 4.98 Å². The van der Waals surface area contributed by atoms with E-state index in [0.29, 0.717) is 0 Å². The van der Waals surface area contributed by atoms with E-state index >= 15 is 0 Å². The number of hydrogen-bond donors (Lipinski definition) is 1. The molecule has 0 unspecified atom stereocenters. The lowest BCUT2D eigenvalue weighted by atomic mass is 10.1. The molecule has 0 aliphatic heterocycles. The molecule has 1 heterocycles. The van der Waals surface area contributed by atoms with Crippen molar-refractivity contribution in [2.75, 3.05) is 0 Å². The molecule has 0 aliphatic carbocycles. The first-order valence-electron chi connectivity index (χ1n) is 6.58. The molecule has 0 bridgehead atoms. The molecule has 20 heavy (non-hydrogen) atoms. The van der Waals surface area contributed by atoms with Crippen LogP contribution < -0.4 is 0 Å². The lowest BCUT2D eigenvalue weighted by Crippen LogP contribution is -2.12. The maximum Gasteiger partial charge on any atom is 0.178 e. The lowest BCUT2D eigenvalue weighted by Gasteiger charge is -2.09. The fourth-order valence-electron chi connectivity index (χ4n) is 2.25. The van der Waals surface area contributed by atoms with Gasteiger partial charge in [0.15, 0.2) is 5.78 Å². The van der Waals surface area contributed by atoms with Crippen molar-refractivity contribution >= 4 is 28.4 Å². The van der Waals surface area contributed by atoms with E-state index in [-0.39, 0.29) is 11.0 Å². The molecule has 100 valence electrons. The van der Waals surface area contributed by atoms with Gasteiger partial charge in [-0.1, -0.05) is 36.4 Å². The first-order chi connectivity index (χ1) is 9.75. The summed E-state index contributed by atoms with van der Waals surface area (Å²) in [5.41, 5.74) is 1.78. The largest absolute Gasteiger partial charge is 0.360 e. The third kappa shape index (κ3) is 2.49. The van der Waals surface area contributed by atoms with Crippen LogP contribution in [-0.2, 0) is 0 Å². The number of aromatic amines is 1. The highest BCUT2D eigenvalue weighted by Crippen LogP contribution is 2.27. The van der Waals surface area contributed by atoms with Crippen molar-refractivity contribution in [3.8, 4) is 0 Å². The maximum atomic E-state index is 12.6. The lowest BCUT2D eigenvalue weighted by molar-refractivity contribution is 0.0995. The maximum absolute atomic E-state index is 12.6. The van der Waals surface area contributed by atoms with Crippen molar-refractivity contribution in [2.24, 2.45) is 0 Å². The Morgan fingerprint density at radius 2 is 1.75 bits per heavy atom. The number of Topliss-reactive ketones (excluding diaryl/α,β-unsaturated/α-hetero) is 1. The molecule has 3 heteroatoms. The van der Waals surface area contributed by atoms with Crippen LogP contribution in [-0.4, -0.2) is 16.0 Å². The first-order valence-corrected chi connectivity index (χ1v) is 7.46. The smallest absolute Gasteiger partial charge is 0.178 e. The minimum absolute atomic E-state index is 0.100. The molecule has 1 aromatic heterocycles. The van der Waals surface area contributed by atoms with Crippen LogP contribution in [0.5, 0.6) is 0 Å². The van der Waals surface area contributed by atoms with Crippen molar-refractivity contribution in [2.45, 2.75) is 17.1 Å². The van der Waals surface area contributed by atoms with Crippen molar-refractivity contribution in [3.05, 3.63) is 66.4 Å². The van der Waals surface area contributed by atoms with Gasteiger partial charge in [-0.05, 0) is 25.1 Å². The molecule has 0 saturated carbocycles. The average molecular weight is 281 g/mol. The quantitative estimate of drug-likeness (QED) is 0.563. The van der Waals surface area contributed by atoms with Crippen LogP contribution in [0.2, 0.25) is 0 Å². The second-order valence-electron chi connectivity index (χ2n) is 4.69. The predicted octanol–water partition coefficient (Wildman–Crippen LogP) is 4.53. The number of H-pyrrole nitrogens is 1. The van der Waals surface area contributed by atoms with E-state index < -0.39 is 0 Å². The van der Waals surface area contributed by atoms with Crippen molar-refractivity contribution in [3.63, 3.8) is 0 Å². The van der Waals surface area contributed by atoms with Crippen molar-refractivity contribution in [1.29, 1.82) is 0 Å². The molecule has 2 nitrogen and oxygen atoms in total. The fourth-order valence-corrected chi connectivity index (χ4v) is 3.21. The van der Waals surface area contributed by atoms with Gasteiger partial charge in [0.25, 0.3) is 0 Å². The molecule has 0 spiro atoms. The van der Waals surface area contributed by atoms with Crippen LogP contribution in [0.1, 0.15) is 17.3 Å². The van der Waals surface area contributed by atoms with E-state index in [4.69, 9.17) is 0 Å². The Morgan fingerprint density at radius 3 is 2.55 bits per heavy atom. The predicted molar refractivity (Wildman–Crippen MR) is 84.4 cm³/mol. The summed E-state index contributed by atoms with van der Waals surface area (Å²) in [6, 6.07) is 17.9. The number of carbonyl (C=O) groups excluding carboxylic acids is 1. The van der Waals surface area contributed by atoms with E-state index in [9.17, 15) is 4.79 Å². The second-order valence-corrected chi connectivity index (χ2v) is 6.10. The van der Waals surface area contributed by atoms with E-state index in [2.05, 4.69) is 4.98 Å². The summed E-state index contributed by atoms with van der Waals surface area (Å²) in [4.78, 5) is 16.9. The molecular weight excluding hydrogens is 266 g/mol. The molecule has 0 saturated heterocycles. The van der Waals surface area contributed by atoms with Gasteiger partial charge in [-0.3, -0.25) is 4.79 Å². The Balaban J connectivity index is 1.85. The van der Waals surface area contributed by atoms with Crippen molar-refractivity contribution < 1.29 is 4.79 Å². The molecule has 2 aromatic carbocycles. The number of ketones is 1. The monoisotopic (exact) mass is 281 g/mol. The van der Waals surface area contributed by atoms with Gasteiger partial charge >= 0.3 is 0 Å². The molecule has 3 aromatic rings. The number of nitrogens with one attached hydrogen (secondary N) is 1. The second kappa shape index (κ2) is 5.55. The highest BCUT2D eigenvalue weighted by molar-refractivity contribution is 8.00. The van der Waals surface area contributed by atoms with Gasteiger partial charge in [0.05, 0.1) is 5.25 Å². The van der Waals surface area contributed by atoms with E-state index in [0.717, 1.165) is 21.4 Å². The van der Waals surface area contributed by atoms with Gasteiger partial charge in [0.1, 0.15) is 0 Å². The summed E-state index contributed by atoms with van der Waals surface area (Å²) >= 11 is 1.60. The highest BCUT2D eigenvalue weighted by atomic mass is 32.2. The van der Waals surface area contributed by atoms with Crippen LogP contribution in [0.15, 0.2) is 65.7 Å². The number of para-hydroxylation sites is 1. The van der Waals surface area contributed by atoms with Crippen LogP contribution in [0, 0.1) is 0 Å². The summed E-state index contributed by atoms with van der Waals surface area (Å²) in [5.74, 6) is 0.163. The number of aromatic nitrogens is 1. The normalized spacial score (nSPS) is 12.4. The molecule has 0 radical (unpaired) electrons. The summed E-state index contributed by atoms with van der Waals surface area (Å²) in [6.07, 6.45) is 1.81. The van der Waals surface area contributed by atoms with E-state index in [1.54, 1.807) is 11.8 Å². The number of rotatable bonds is 4. The standard InChI is InChI=1S/C17H15NOS/c1-12(20-13-7-3-2-4-8-13)17(19)15-11-18-16-10-6-5-9-14(15)16/h2-12,18H,1H3/t12-/m1/s1. The van der Waals surface area contributed by atoms with Gasteiger partial charge in [-0.25, -0.2) is 0 Å². The Hall–Kier alpha value is -2.00. The van der Waals surface area contributed by atoms with Gasteiger partial charge in [-0.2, -0.15) is 0 Å². The topological polar surface area (TPSA) is 32.9 Å². The molecule has 0 amide bonds. The van der Waals surface area contributed by atoms with Crippen LogP contribution in [0.4, 0.5) is 0 Å². The number of hydrogen-bond acceptors (Lipinski definition) is 2. The summed E-state index contributed by atoms with van der Waals surface area (Å²) in [6.45, 7) is 1.96. The first kappa shape index (κ1) is 13.0. The van der Waals surface area contributed by atoms with Gasteiger partial charge in [0, 0.05) is 27.6 Å². The number of thioether (sulfide) groups is 1. The summed E-state index contributed by atoms with van der Waals surface area (Å²) < 4.78 is 0. The number of carbonyl (C=O) groups is 1. The number of benzene rings is 2. The Morgan fingerprint density at radius 1 is 1.05 bits per heavy atom. The SMILES string of the molecule is C[C@@H](Sc1ccccc1)C(=O)c1c[nH]c2ccccc12. The highest BCUT2D eigenvalue weighted by Gasteiger charge is 2.19. The van der Waals surface area contributed by atoms with Crippen LogP contribution >= 0.6 is 11.8 Å².